The van der Waals surface area contributed by atoms with Crippen LogP contribution in [0.15, 0.2) is 6.20 Å². The van der Waals surface area contributed by atoms with Gasteiger partial charge in [0.1, 0.15) is 5.56 Å². The first-order chi connectivity index (χ1) is 7.19. The van der Waals surface area contributed by atoms with Gasteiger partial charge in [-0.05, 0) is 0 Å². The third-order valence-electron chi connectivity index (χ3n) is 1.79. The summed E-state index contributed by atoms with van der Waals surface area (Å²) in [5, 5.41) is 6.64. The average molecular weight is 207 g/mol. The molecule has 80 valence electrons. The number of terminal acetylenes is 1. The molecule has 15 heavy (non-hydrogen) atoms. The zero-order chi connectivity index (χ0) is 11.3. The number of hydrogen-bond acceptors (Lipinski definition) is 3. The topological polar surface area (TPSA) is 56.2 Å². The van der Waals surface area contributed by atoms with Crippen molar-refractivity contribution >= 4 is 5.91 Å². The molecule has 5 heteroatoms. The monoisotopic (exact) mass is 207 g/mol. The summed E-state index contributed by atoms with van der Waals surface area (Å²) in [6.07, 6.45) is 7.18. The molecule has 5 nitrogen and oxygen atoms in total. The summed E-state index contributed by atoms with van der Waals surface area (Å²) in [6.45, 7) is 0.452. The third-order valence-corrected chi connectivity index (χ3v) is 1.79. The molecule has 1 N–H and O–H groups in total. The van der Waals surface area contributed by atoms with Gasteiger partial charge in [-0.25, -0.2) is 0 Å². The first-order valence-corrected chi connectivity index (χ1v) is 4.48. The van der Waals surface area contributed by atoms with Crippen molar-refractivity contribution in [3.63, 3.8) is 0 Å². The summed E-state index contributed by atoms with van der Waals surface area (Å²) in [7, 11) is 3.20. The Morgan fingerprint density at radius 1 is 1.80 bits per heavy atom. The van der Waals surface area contributed by atoms with E-state index in [4.69, 9.17) is 11.2 Å². The van der Waals surface area contributed by atoms with Crippen LogP contribution in [0.2, 0.25) is 0 Å². The SMILES string of the molecule is C#CCCNC(=O)c1cn(C)nc1OC. The lowest BCUT2D eigenvalue weighted by Crippen LogP contribution is -2.24. The van der Waals surface area contributed by atoms with Gasteiger partial charge in [-0.15, -0.1) is 17.4 Å². The van der Waals surface area contributed by atoms with Gasteiger partial charge in [0.05, 0.1) is 7.11 Å². The standard InChI is InChI=1S/C10H13N3O2/c1-4-5-6-11-9(14)8-7-13(2)12-10(8)15-3/h1,7H,5-6H2,2-3H3,(H,11,14). The normalized spacial score (nSPS) is 9.40. The van der Waals surface area contributed by atoms with Crippen LogP contribution in [-0.2, 0) is 7.05 Å². The zero-order valence-electron chi connectivity index (χ0n) is 8.78. The van der Waals surface area contributed by atoms with Gasteiger partial charge in [0.15, 0.2) is 0 Å². The summed E-state index contributed by atoms with van der Waals surface area (Å²) in [5.74, 6) is 2.53. The van der Waals surface area contributed by atoms with Gasteiger partial charge in [-0.2, -0.15) is 0 Å². The van der Waals surface area contributed by atoms with Gasteiger partial charge < -0.3 is 10.1 Å². The van der Waals surface area contributed by atoms with Crippen molar-refractivity contribution in [3.05, 3.63) is 11.8 Å². The first kappa shape index (κ1) is 11.1. The fraction of sp³-hybridized carbons (Fsp3) is 0.400. The van der Waals surface area contributed by atoms with Crippen LogP contribution >= 0.6 is 0 Å². The molecule has 0 spiro atoms. The summed E-state index contributed by atoms with van der Waals surface area (Å²) >= 11 is 0. The molecule has 0 saturated heterocycles. The maximum atomic E-state index is 11.6. The van der Waals surface area contributed by atoms with Gasteiger partial charge in [0, 0.05) is 26.2 Å². The smallest absolute Gasteiger partial charge is 0.258 e. The summed E-state index contributed by atoms with van der Waals surface area (Å²) in [4.78, 5) is 11.6. The Morgan fingerprint density at radius 3 is 3.13 bits per heavy atom. The van der Waals surface area contributed by atoms with Crippen molar-refractivity contribution in [1.29, 1.82) is 0 Å². The fourth-order valence-corrected chi connectivity index (χ4v) is 1.12. The average Bonchev–Trinajstić information content (AvgIpc) is 2.60. The number of carbonyl (C=O) groups is 1. The highest BCUT2D eigenvalue weighted by Gasteiger charge is 2.15. The predicted octanol–water partition coefficient (Wildman–Crippen LogP) is 0.182. The fourth-order valence-electron chi connectivity index (χ4n) is 1.12. The van der Waals surface area contributed by atoms with Crippen molar-refractivity contribution in [3.8, 4) is 18.2 Å². The lowest BCUT2D eigenvalue weighted by Gasteiger charge is -2.01. The molecule has 0 fully saturated rings. The van der Waals surface area contributed by atoms with Crippen LogP contribution in [0.4, 0.5) is 0 Å². The Kier molecular flexibility index (Phi) is 3.75. The van der Waals surface area contributed by atoms with Crippen LogP contribution in [0.1, 0.15) is 16.8 Å². The minimum absolute atomic E-state index is 0.227. The molecular weight excluding hydrogens is 194 g/mol. The van der Waals surface area contributed by atoms with Crippen molar-refractivity contribution in [1.82, 2.24) is 15.1 Å². The number of nitrogens with one attached hydrogen (secondary N) is 1. The quantitative estimate of drug-likeness (QED) is 0.566. The van der Waals surface area contributed by atoms with E-state index in [1.165, 1.54) is 11.8 Å². The van der Waals surface area contributed by atoms with Crippen LogP contribution < -0.4 is 10.1 Å². The van der Waals surface area contributed by atoms with E-state index in [9.17, 15) is 4.79 Å². The zero-order valence-corrected chi connectivity index (χ0v) is 8.78. The highest BCUT2D eigenvalue weighted by molar-refractivity contribution is 5.96. The molecule has 0 bridgehead atoms. The number of aryl methyl sites for hydroxylation is 1. The number of nitrogens with zero attached hydrogens (tertiary/aromatic N) is 2. The number of ether oxygens (including phenoxy) is 1. The second kappa shape index (κ2) is 5.05. The van der Waals surface area contributed by atoms with Gasteiger partial charge in [0.2, 0.25) is 5.88 Å². The van der Waals surface area contributed by atoms with Crippen LogP contribution in [0.25, 0.3) is 0 Å². The molecule has 0 aliphatic rings. The van der Waals surface area contributed by atoms with E-state index in [1.54, 1.807) is 13.2 Å². The van der Waals surface area contributed by atoms with Crippen molar-refractivity contribution in [2.75, 3.05) is 13.7 Å². The number of rotatable bonds is 4. The minimum Gasteiger partial charge on any atom is -0.479 e. The van der Waals surface area contributed by atoms with Crippen molar-refractivity contribution < 1.29 is 9.53 Å². The lowest BCUT2D eigenvalue weighted by molar-refractivity contribution is 0.0951. The molecule has 0 aliphatic heterocycles. The molecule has 1 aromatic heterocycles. The largest absolute Gasteiger partial charge is 0.479 e. The Morgan fingerprint density at radius 2 is 2.53 bits per heavy atom. The molecule has 0 atom stereocenters. The number of aromatic nitrogens is 2. The van der Waals surface area contributed by atoms with Crippen LogP contribution in [-0.4, -0.2) is 29.3 Å². The molecule has 1 heterocycles. The first-order valence-electron chi connectivity index (χ1n) is 4.48. The lowest BCUT2D eigenvalue weighted by atomic mass is 10.3. The van der Waals surface area contributed by atoms with Gasteiger partial charge in [-0.1, -0.05) is 0 Å². The predicted molar refractivity (Wildman–Crippen MR) is 55.5 cm³/mol. The molecule has 0 radical (unpaired) electrons. The van der Waals surface area contributed by atoms with E-state index < -0.39 is 0 Å². The Labute approximate surface area is 88.4 Å². The maximum absolute atomic E-state index is 11.6. The van der Waals surface area contributed by atoms with E-state index in [0.717, 1.165) is 0 Å². The molecule has 0 aliphatic carbocycles. The highest BCUT2D eigenvalue weighted by atomic mass is 16.5. The minimum atomic E-state index is -0.227. The number of hydrogen-bond donors (Lipinski definition) is 1. The molecule has 1 aromatic rings. The van der Waals surface area contributed by atoms with Crippen LogP contribution in [0.3, 0.4) is 0 Å². The molecule has 0 unspecified atom stereocenters. The van der Waals surface area contributed by atoms with E-state index >= 15 is 0 Å². The molecule has 0 saturated carbocycles. The summed E-state index contributed by atoms with van der Waals surface area (Å²) < 4.78 is 6.48. The molecular formula is C10H13N3O2. The number of amides is 1. The second-order valence-electron chi connectivity index (χ2n) is 2.94. The highest BCUT2D eigenvalue weighted by Crippen LogP contribution is 2.13. The van der Waals surface area contributed by atoms with Crippen LogP contribution in [0.5, 0.6) is 5.88 Å². The van der Waals surface area contributed by atoms with Gasteiger partial charge >= 0.3 is 0 Å². The van der Waals surface area contributed by atoms with Crippen LogP contribution in [0, 0.1) is 12.3 Å². The van der Waals surface area contributed by atoms with E-state index in [2.05, 4.69) is 16.3 Å². The summed E-state index contributed by atoms with van der Waals surface area (Å²) in [6, 6.07) is 0. The second-order valence-corrected chi connectivity index (χ2v) is 2.94. The summed E-state index contributed by atoms with van der Waals surface area (Å²) in [5.41, 5.74) is 0.414. The number of carbonyl (C=O) groups excluding carboxylic acids is 1. The Bertz CT molecular complexity index is 390. The third kappa shape index (κ3) is 2.74. The maximum Gasteiger partial charge on any atom is 0.258 e. The van der Waals surface area contributed by atoms with Crippen molar-refractivity contribution in [2.24, 2.45) is 7.05 Å². The molecule has 1 rings (SSSR count). The molecule has 0 aromatic carbocycles. The van der Waals surface area contributed by atoms with Gasteiger partial charge in [0.25, 0.3) is 5.91 Å². The van der Waals surface area contributed by atoms with E-state index in [1.807, 2.05) is 0 Å². The van der Waals surface area contributed by atoms with Gasteiger partial charge in [-0.3, -0.25) is 9.48 Å². The van der Waals surface area contributed by atoms with E-state index in [0.29, 0.717) is 24.4 Å². The number of methoxy groups -OCH3 is 1. The van der Waals surface area contributed by atoms with E-state index in [-0.39, 0.29) is 5.91 Å². The van der Waals surface area contributed by atoms with Crippen molar-refractivity contribution in [2.45, 2.75) is 6.42 Å². The molecule has 1 amide bonds. The Balaban J connectivity index is 2.69. The Hall–Kier alpha value is -1.96.